The molecule has 0 spiro atoms. The molecule has 1 N–H and O–H groups in total. The third-order valence-electron chi connectivity index (χ3n) is 6.90. The second kappa shape index (κ2) is 11.8. The molecule has 9 nitrogen and oxygen atoms in total. The Bertz CT molecular complexity index is 1160. The summed E-state index contributed by atoms with van der Waals surface area (Å²) in [6.45, 7) is 8.15. The van der Waals surface area contributed by atoms with Crippen molar-refractivity contribution in [3.63, 3.8) is 0 Å². The Hall–Kier alpha value is -3.33. The highest BCUT2D eigenvalue weighted by Crippen LogP contribution is 2.33. The lowest BCUT2D eigenvalue weighted by molar-refractivity contribution is -0.384. The maximum absolute atomic E-state index is 13.6. The van der Waals surface area contributed by atoms with Crippen molar-refractivity contribution in [1.82, 2.24) is 4.90 Å². The van der Waals surface area contributed by atoms with E-state index < -0.39 is 10.8 Å². The van der Waals surface area contributed by atoms with Gasteiger partial charge in [-0.1, -0.05) is 25.4 Å². The number of nitro benzene ring substituents is 1. The molecule has 2 heterocycles. The number of hydrogen-bond acceptors (Lipinski definition) is 6. The zero-order valence-corrected chi connectivity index (χ0v) is 22.2. The van der Waals surface area contributed by atoms with E-state index in [0.717, 1.165) is 38.0 Å². The van der Waals surface area contributed by atoms with Crippen molar-refractivity contribution >= 4 is 46.2 Å². The minimum atomic E-state index is -0.484. The molecule has 2 fully saturated rings. The molecule has 0 saturated carbocycles. The number of halogens is 1. The van der Waals surface area contributed by atoms with Gasteiger partial charge in [0.15, 0.2) is 0 Å². The monoisotopic (exact) mass is 527 g/mol. The van der Waals surface area contributed by atoms with Crippen LogP contribution in [0.1, 0.15) is 49.9 Å². The van der Waals surface area contributed by atoms with E-state index in [-0.39, 0.29) is 17.2 Å². The summed E-state index contributed by atoms with van der Waals surface area (Å²) in [6, 6.07) is 9.81. The number of amides is 2. The summed E-state index contributed by atoms with van der Waals surface area (Å²) < 4.78 is 0. The maximum Gasteiger partial charge on any atom is 0.270 e. The van der Waals surface area contributed by atoms with Gasteiger partial charge in [-0.3, -0.25) is 19.7 Å². The van der Waals surface area contributed by atoms with Gasteiger partial charge in [-0.25, -0.2) is 0 Å². The molecule has 2 aromatic carbocycles. The predicted octanol–water partition coefficient (Wildman–Crippen LogP) is 5.19. The molecule has 2 amide bonds. The van der Waals surface area contributed by atoms with Crippen molar-refractivity contribution in [2.24, 2.45) is 5.92 Å². The molecule has 198 valence electrons. The van der Waals surface area contributed by atoms with Crippen LogP contribution >= 0.6 is 11.6 Å². The van der Waals surface area contributed by atoms with E-state index in [0.29, 0.717) is 54.9 Å². The Morgan fingerprint density at radius 3 is 2.24 bits per heavy atom. The summed E-state index contributed by atoms with van der Waals surface area (Å²) in [5.41, 5.74) is 2.18. The molecule has 2 aromatic rings. The van der Waals surface area contributed by atoms with Crippen LogP contribution in [-0.4, -0.2) is 60.9 Å². The first kappa shape index (κ1) is 26.7. The summed E-state index contributed by atoms with van der Waals surface area (Å²) in [6.07, 6.45) is 3.70. The average molecular weight is 528 g/mol. The van der Waals surface area contributed by atoms with Crippen LogP contribution < -0.4 is 15.1 Å². The number of non-ortho nitro benzene ring substituents is 1. The molecule has 4 rings (SSSR count). The van der Waals surface area contributed by atoms with Gasteiger partial charge in [-0.2, -0.15) is 0 Å². The van der Waals surface area contributed by atoms with Gasteiger partial charge in [0.05, 0.1) is 27.5 Å². The van der Waals surface area contributed by atoms with Crippen LogP contribution in [-0.2, 0) is 4.79 Å². The number of nitrogens with one attached hydrogen (secondary N) is 1. The third kappa shape index (κ3) is 6.52. The lowest BCUT2D eigenvalue weighted by Crippen LogP contribution is -2.49. The minimum Gasteiger partial charge on any atom is -0.371 e. The number of rotatable bonds is 7. The summed E-state index contributed by atoms with van der Waals surface area (Å²) in [5, 5.41) is 14.9. The van der Waals surface area contributed by atoms with Crippen molar-refractivity contribution in [1.29, 1.82) is 0 Å². The van der Waals surface area contributed by atoms with Crippen LogP contribution in [0.3, 0.4) is 0 Å². The summed E-state index contributed by atoms with van der Waals surface area (Å²) in [5.74, 6) is 0.0565. The van der Waals surface area contributed by atoms with Gasteiger partial charge in [-0.05, 0) is 49.4 Å². The number of piperazine rings is 1. The van der Waals surface area contributed by atoms with Gasteiger partial charge in [0.1, 0.15) is 0 Å². The first-order valence-corrected chi connectivity index (χ1v) is 13.3. The lowest BCUT2D eigenvalue weighted by atomic mass is 10.1. The quantitative estimate of drug-likeness (QED) is 0.393. The van der Waals surface area contributed by atoms with Gasteiger partial charge < -0.3 is 20.0 Å². The molecular weight excluding hydrogens is 494 g/mol. The SMILES string of the molecule is CC(C)CC(=O)N1CCN(c2ccc(Cl)cc2NC(=O)c2cc([N+](=O)[O-])ccc2N2CCCCC2)CC1. The molecule has 2 aliphatic heterocycles. The van der Waals surface area contributed by atoms with Crippen LogP contribution in [0.5, 0.6) is 0 Å². The molecule has 0 unspecified atom stereocenters. The summed E-state index contributed by atoms with van der Waals surface area (Å²) >= 11 is 6.30. The Kier molecular flexibility index (Phi) is 8.53. The largest absolute Gasteiger partial charge is 0.371 e. The smallest absolute Gasteiger partial charge is 0.270 e. The Labute approximate surface area is 222 Å². The molecular formula is C27H34ClN5O4. The molecule has 2 aliphatic rings. The molecule has 0 aromatic heterocycles. The van der Waals surface area contributed by atoms with Crippen LogP contribution in [0, 0.1) is 16.0 Å². The van der Waals surface area contributed by atoms with E-state index in [1.807, 2.05) is 24.8 Å². The number of carbonyl (C=O) groups is 2. The Balaban J connectivity index is 1.56. The van der Waals surface area contributed by atoms with Crippen LogP contribution in [0.4, 0.5) is 22.7 Å². The molecule has 0 radical (unpaired) electrons. The number of anilines is 3. The fraction of sp³-hybridized carbons (Fsp3) is 0.481. The highest BCUT2D eigenvalue weighted by atomic mass is 35.5. The lowest BCUT2D eigenvalue weighted by Gasteiger charge is -2.37. The number of piperidine rings is 1. The van der Waals surface area contributed by atoms with E-state index in [9.17, 15) is 19.7 Å². The summed E-state index contributed by atoms with van der Waals surface area (Å²) in [7, 11) is 0. The van der Waals surface area contributed by atoms with E-state index >= 15 is 0 Å². The van der Waals surface area contributed by atoms with Crippen LogP contribution in [0.2, 0.25) is 5.02 Å². The Morgan fingerprint density at radius 1 is 0.946 bits per heavy atom. The minimum absolute atomic E-state index is 0.126. The first-order valence-electron chi connectivity index (χ1n) is 12.9. The second-order valence-corrected chi connectivity index (χ2v) is 10.5. The number of nitro groups is 1. The standard InChI is InChI=1S/C27H34ClN5O4/c1-19(2)16-26(34)32-14-12-31(13-15-32)25-8-6-20(28)17-23(25)29-27(35)22-18-21(33(36)37)7-9-24(22)30-10-4-3-5-11-30/h6-9,17-19H,3-5,10-16H2,1-2H3,(H,29,35). The number of benzene rings is 2. The average Bonchev–Trinajstić information content (AvgIpc) is 2.88. The highest BCUT2D eigenvalue weighted by molar-refractivity contribution is 6.31. The van der Waals surface area contributed by atoms with Crippen molar-refractivity contribution in [3.8, 4) is 0 Å². The predicted molar refractivity (Wildman–Crippen MR) is 147 cm³/mol. The van der Waals surface area contributed by atoms with Crippen LogP contribution in [0.15, 0.2) is 36.4 Å². The van der Waals surface area contributed by atoms with Gasteiger partial charge in [0.2, 0.25) is 5.91 Å². The van der Waals surface area contributed by atoms with Crippen LogP contribution in [0.25, 0.3) is 0 Å². The molecule has 10 heteroatoms. The molecule has 0 atom stereocenters. The van der Waals surface area contributed by atoms with Gasteiger partial charge in [0.25, 0.3) is 11.6 Å². The van der Waals surface area contributed by atoms with Crippen molar-refractivity contribution < 1.29 is 14.5 Å². The normalized spacial score (nSPS) is 16.2. The second-order valence-electron chi connectivity index (χ2n) is 10.1. The number of nitrogens with zero attached hydrogens (tertiary/aromatic N) is 4. The fourth-order valence-electron chi connectivity index (χ4n) is 4.98. The van der Waals surface area contributed by atoms with Crippen molar-refractivity contribution in [2.45, 2.75) is 39.5 Å². The van der Waals surface area contributed by atoms with Gasteiger partial charge >= 0.3 is 0 Å². The number of carbonyl (C=O) groups excluding carboxylic acids is 2. The van der Waals surface area contributed by atoms with E-state index in [1.54, 1.807) is 18.2 Å². The molecule has 0 aliphatic carbocycles. The summed E-state index contributed by atoms with van der Waals surface area (Å²) in [4.78, 5) is 43.2. The Morgan fingerprint density at radius 2 is 1.59 bits per heavy atom. The van der Waals surface area contributed by atoms with E-state index in [2.05, 4.69) is 15.1 Å². The van der Waals surface area contributed by atoms with Gasteiger partial charge in [-0.15, -0.1) is 0 Å². The van der Waals surface area contributed by atoms with Gasteiger partial charge in [0, 0.05) is 62.8 Å². The zero-order chi connectivity index (χ0) is 26.5. The molecule has 0 bridgehead atoms. The highest BCUT2D eigenvalue weighted by Gasteiger charge is 2.26. The number of hydrogen-bond donors (Lipinski definition) is 1. The maximum atomic E-state index is 13.6. The fourth-order valence-corrected chi connectivity index (χ4v) is 5.15. The molecule has 37 heavy (non-hydrogen) atoms. The topological polar surface area (TPSA) is 99.0 Å². The third-order valence-corrected chi connectivity index (χ3v) is 7.13. The van der Waals surface area contributed by atoms with Crippen molar-refractivity contribution in [3.05, 3.63) is 57.1 Å². The van der Waals surface area contributed by atoms with E-state index in [1.165, 1.54) is 12.1 Å². The first-order chi connectivity index (χ1) is 17.7. The molecule has 2 saturated heterocycles. The van der Waals surface area contributed by atoms with E-state index in [4.69, 9.17) is 11.6 Å². The zero-order valence-electron chi connectivity index (χ0n) is 21.4. The van der Waals surface area contributed by atoms with Crippen molar-refractivity contribution in [2.75, 3.05) is 54.4 Å².